The van der Waals surface area contributed by atoms with E-state index in [1.165, 1.54) is 35.8 Å². The van der Waals surface area contributed by atoms with Crippen molar-refractivity contribution < 1.29 is 18.8 Å². The van der Waals surface area contributed by atoms with Gasteiger partial charge in [0.15, 0.2) is 11.6 Å². The third-order valence-corrected chi connectivity index (χ3v) is 5.30. The number of benzene rings is 2. The molecule has 0 saturated carbocycles. The number of carbonyl (C=O) groups excluding carboxylic acids is 1. The normalized spacial score (nSPS) is 14.1. The quantitative estimate of drug-likeness (QED) is 0.332. The number of hydrogen-bond donors (Lipinski definition) is 4. The molecule has 4 rings (SSSR count). The van der Waals surface area contributed by atoms with Crippen LogP contribution in [0.3, 0.4) is 0 Å². The molecule has 3 aromatic rings. The molecule has 172 valence electrons. The summed E-state index contributed by atoms with van der Waals surface area (Å²) in [5, 5.41) is 14.4. The molecule has 1 aromatic heterocycles. The second kappa shape index (κ2) is 9.76. The summed E-state index contributed by atoms with van der Waals surface area (Å²) in [4.78, 5) is 23.6. The van der Waals surface area contributed by atoms with Crippen molar-refractivity contribution in [1.82, 2.24) is 20.3 Å². The summed E-state index contributed by atoms with van der Waals surface area (Å²) in [5.74, 6) is -1.72. The Morgan fingerprint density at radius 3 is 2.33 bits per heavy atom. The molecule has 0 unspecified atom stereocenters. The third kappa shape index (κ3) is 5.33. The summed E-state index contributed by atoms with van der Waals surface area (Å²) < 4.78 is 29.0. The van der Waals surface area contributed by atoms with Crippen molar-refractivity contribution in [2.24, 2.45) is 0 Å². The number of piperazine rings is 1. The number of rotatable bonds is 6. The van der Waals surface area contributed by atoms with E-state index in [0.29, 0.717) is 17.1 Å². The average Bonchev–Trinajstić information content (AvgIpc) is 2.82. The van der Waals surface area contributed by atoms with Gasteiger partial charge in [-0.05, 0) is 49.5 Å². The largest absolute Gasteiger partial charge is 0.367 e. The number of aromatic nitrogens is 2. The molecule has 9 nitrogen and oxygen atoms in total. The first-order valence-electron chi connectivity index (χ1n) is 10.3. The summed E-state index contributed by atoms with van der Waals surface area (Å²) in [6.07, 6.45) is 1.00. The van der Waals surface area contributed by atoms with Gasteiger partial charge < -0.3 is 20.4 Å². The Labute approximate surface area is 189 Å². The number of likely N-dealkylation sites (N-methyl/N-ethyl adjacent to an activating group) is 1. The molecule has 0 bridgehead atoms. The van der Waals surface area contributed by atoms with Gasteiger partial charge in [-0.15, -0.1) is 0 Å². The Bertz CT molecular complexity index is 1140. The maximum atomic E-state index is 14.7. The highest BCUT2D eigenvalue weighted by molar-refractivity contribution is 5.93. The zero-order valence-corrected chi connectivity index (χ0v) is 17.8. The Morgan fingerprint density at radius 2 is 1.67 bits per heavy atom. The van der Waals surface area contributed by atoms with Crippen LogP contribution >= 0.6 is 0 Å². The molecular formula is C22H23F2N7O2. The maximum absolute atomic E-state index is 14.7. The van der Waals surface area contributed by atoms with Gasteiger partial charge in [-0.2, -0.15) is 4.98 Å². The van der Waals surface area contributed by atoms with Gasteiger partial charge in [-0.1, -0.05) is 0 Å². The molecule has 0 radical (unpaired) electrons. The smallest absolute Gasteiger partial charge is 0.274 e. The SMILES string of the molecule is CN1CCN(c2ccc(Nc3ncc(F)c(Nc4ccc(C(=O)NO)cc4)n3)cc2F)CC1. The number of amides is 1. The van der Waals surface area contributed by atoms with Gasteiger partial charge in [-0.25, -0.2) is 19.2 Å². The van der Waals surface area contributed by atoms with E-state index in [0.717, 1.165) is 32.4 Å². The van der Waals surface area contributed by atoms with Gasteiger partial charge in [0, 0.05) is 43.1 Å². The highest BCUT2D eigenvalue weighted by Gasteiger charge is 2.18. The lowest BCUT2D eigenvalue weighted by Gasteiger charge is -2.34. The molecule has 0 aliphatic carbocycles. The molecule has 33 heavy (non-hydrogen) atoms. The third-order valence-electron chi connectivity index (χ3n) is 5.30. The highest BCUT2D eigenvalue weighted by atomic mass is 19.1. The molecule has 2 heterocycles. The van der Waals surface area contributed by atoms with Gasteiger partial charge in [0.05, 0.1) is 11.9 Å². The average molecular weight is 455 g/mol. The molecule has 1 aliphatic heterocycles. The van der Waals surface area contributed by atoms with Crippen LogP contribution in [0.5, 0.6) is 0 Å². The van der Waals surface area contributed by atoms with Crippen molar-refractivity contribution in [2.75, 3.05) is 48.8 Å². The number of nitrogens with one attached hydrogen (secondary N) is 3. The number of hydroxylamine groups is 1. The van der Waals surface area contributed by atoms with Crippen LogP contribution in [0.25, 0.3) is 0 Å². The zero-order chi connectivity index (χ0) is 23.4. The molecule has 2 aromatic carbocycles. The van der Waals surface area contributed by atoms with Gasteiger partial charge in [-0.3, -0.25) is 10.0 Å². The lowest BCUT2D eigenvalue weighted by Crippen LogP contribution is -2.44. The summed E-state index contributed by atoms with van der Waals surface area (Å²) >= 11 is 0. The van der Waals surface area contributed by atoms with Crippen molar-refractivity contribution in [1.29, 1.82) is 0 Å². The van der Waals surface area contributed by atoms with Gasteiger partial charge in [0.25, 0.3) is 5.91 Å². The Kier molecular flexibility index (Phi) is 6.61. The van der Waals surface area contributed by atoms with Crippen LogP contribution in [-0.2, 0) is 0 Å². The fourth-order valence-corrected chi connectivity index (χ4v) is 3.44. The molecule has 1 saturated heterocycles. The second-order valence-electron chi connectivity index (χ2n) is 7.61. The molecular weight excluding hydrogens is 432 g/mol. The van der Waals surface area contributed by atoms with E-state index in [1.807, 2.05) is 11.9 Å². The first-order chi connectivity index (χ1) is 15.9. The molecule has 1 amide bonds. The summed E-state index contributed by atoms with van der Waals surface area (Å²) in [7, 11) is 2.04. The minimum Gasteiger partial charge on any atom is -0.367 e. The van der Waals surface area contributed by atoms with Crippen LogP contribution in [0.1, 0.15) is 10.4 Å². The Hall–Kier alpha value is -3.83. The van der Waals surface area contributed by atoms with Gasteiger partial charge in [0.1, 0.15) is 5.82 Å². The van der Waals surface area contributed by atoms with E-state index in [4.69, 9.17) is 5.21 Å². The summed E-state index contributed by atoms with van der Waals surface area (Å²) in [6, 6.07) is 10.8. The fourth-order valence-electron chi connectivity index (χ4n) is 3.44. The first-order valence-corrected chi connectivity index (χ1v) is 10.3. The highest BCUT2D eigenvalue weighted by Crippen LogP contribution is 2.26. The Morgan fingerprint density at radius 1 is 0.970 bits per heavy atom. The van der Waals surface area contributed by atoms with E-state index in [2.05, 4.69) is 25.5 Å². The number of hydrogen-bond acceptors (Lipinski definition) is 8. The summed E-state index contributed by atoms with van der Waals surface area (Å²) in [5.41, 5.74) is 3.21. The lowest BCUT2D eigenvalue weighted by atomic mass is 10.2. The van der Waals surface area contributed by atoms with Gasteiger partial charge in [0.2, 0.25) is 5.95 Å². The van der Waals surface area contributed by atoms with E-state index >= 15 is 0 Å². The number of nitrogens with zero attached hydrogens (tertiary/aromatic N) is 4. The minimum atomic E-state index is -0.686. The second-order valence-corrected chi connectivity index (χ2v) is 7.61. The van der Waals surface area contributed by atoms with Gasteiger partial charge >= 0.3 is 0 Å². The van der Waals surface area contributed by atoms with Crippen LogP contribution < -0.4 is 21.0 Å². The molecule has 4 N–H and O–H groups in total. The summed E-state index contributed by atoms with van der Waals surface area (Å²) in [6.45, 7) is 3.25. The minimum absolute atomic E-state index is 0.0851. The lowest BCUT2D eigenvalue weighted by molar-refractivity contribution is 0.0706. The molecule has 0 spiro atoms. The predicted molar refractivity (Wildman–Crippen MR) is 120 cm³/mol. The topological polar surface area (TPSA) is 106 Å². The number of carbonyl (C=O) groups is 1. The van der Waals surface area contributed by atoms with Crippen LogP contribution in [0.2, 0.25) is 0 Å². The van der Waals surface area contributed by atoms with E-state index < -0.39 is 11.7 Å². The number of anilines is 5. The zero-order valence-electron chi connectivity index (χ0n) is 17.8. The molecule has 0 atom stereocenters. The standard InChI is InChI=1S/C22H23F2N7O2/c1-30-8-10-31(11-9-30)19-7-6-16(12-17(19)23)27-22-25-13-18(24)20(28-22)26-15-4-2-14(3-5-15)21(32)29-33/h2-7,12-13,33H,8-11H2,1H3,(H,29,32)(H2,25,26,27,28). The van der Waals surface area contributed by atoms with E-state index in [-0.39, 0.29) is 23.1 Å². The van der Waals surface area contributed by atoms with Crippen molar-refractivity contribution >= 4 is 34.7 Å². The fraction of sp³-hybridized carbons (Fsp3) is 0.227. The van der Waals surface area contributed by atoms with Crippen molar-refractivity contribution in [3.05, 3.63) is 65.9 Å². The predicted octanol–water partition coefficient (Wildman–Crippen LogP) is 3.11. The van der Waals surface area contributed by atoms with E-state index in [9.17, 15) is 13.6 Å². The Balaban J connectivity index is 1.46. The first kappa shape index (κ1) is 22.4. The molecule has 1 fully saturated rings. The van der Waals surface area contributed by atoms with Crippen molar-refractivity contribution in [2.45, 2.75) is 0 Å². The van der Waals surface area contributed by atoms with Crippen molar-refractivity contribution in [3.8, 4) is 0 Å². The van der Waals surface area contributed by atoms with Crippen LogP contribution in [0.4, 0.5) is 37.6 Å². The van der Waals surface area contributed by atoms with Crippen molar-refractivity contribution in [3.63, 3.8) is 0 Å². The van der Waals surface area contributed by atoms with E-state index in [1.54, 1.807) is 12.1 Å². The monoisotopic (exact) mass is 455 g/mol. The number of halogens is 2. The van der Waals surface area contributed by atoms with Crippen LogP contribution in [0, 0.1) is 11.6 Å². The maximum Gasteiger partial charge on any atom is 0.274 e. The van der Waals surface area contributed by atoms with Crippen LogP contribution in [-0.4, -0.2) is 59.2 Å². The molecule has 1 aliphatic rings. The van der Waals surface area contributed by atoms with Crippen LogP contribution in [0.15, 0.2) is 48.7 Å². The molecule has 11 heteroatoms.